The summed E-state index contributed by atoms with van der Waals surface area (Å²) in [5.41, 5.74) is 4.85. The second-order valence-electron chi connectivity index (χ2n) is 4.41. The molecule has 0 saturated carbocycles. The van der Waals surface area contributed by atoms with Crippen LogP contribution in [-0.2, 0) is 0 Å². The molecule has 94 valence electrons. The van der Waals surface area contributed by atoms with Crippen LogP contribution >= 0.6 is 0 Å². The maximum absolute atomic E-state index is 9.67. The molecule has 4 N–H and O–H groups in total. The Morgan fingerprint density at radius 1 is 1.47 bits per heavy atom. The monoisotopic (exact) mass is 239 g/mol. The summed E-state index contributed by atoms with van der Waals surface area (Å²) in [7, 11) is 1.80. The van der Waals surface area contributed by atoms with E-state index in [0.29, 0.717) is 18.1 Å². The quantitative estimate of drug-likeness (QED) is 0.290. The number of likely N-dealkylation sites (N-methyl/N-ethyl adjacent to an activating group) is 1. The Hall–Kier alpha value is -1.89. The molecule has 1 aromatic heterocycles. The molecule has 0 bridgehead atoms. The molecule has 0 saturated heterocycles. The van der Waals surface area contributed by atoms with E-state index in [1.165, 1.54) is 12.4 Å². The van der Waals surface area contributed by atoms with Gasteiger partial charge in [0.1, 0.15) is 11.5 Å². The minimum Gasteiger partial charge on any atom is -0.409 e. The van der Waals surface area contributed by atoms with Gasteiger partial charge >= 0.3 is 0 Å². The molecule has 1 heterocycles. The highest BCUT2D eigenvalue weighted by Gasteiger charge is 2.16. The zero-order valence-corrected chi connectivity index (χ0v) is 10.1. The number of nitrogens with zero attached hydrogens (tertiary/aromatic N) is 4. The van der Waals surface area contributed by atoms with Crippen LogP contribution in [0.5, 0.6) is 0 Å². The molecule has 1 rings (SSSR count). The van der Waals surface area contributed by atoms with E-state index in [9.17, 15) is 5.11 Å². The van der Waals surface area contributed by atoms with E-state index in [4.69, 9.17) is 10.9 Å². The average molecular weight is 239 g/mol. The summed E-state index contributed by atoms with van der Waals surface area (Å²) in [6.45, 7) is 3.84. The lowest BCUT2D eigenvalue weighted by Crippen LogP contribution is -2.36. The van der Waals surface area contributed by atoms with E-state index >= 15 is 0 Å². The van der Waals surface area contributed by atoms with E-state index in [1.807, 2.05) is 0 Å². The lowest BCUT2D eigenvalue weighted by atomic mass is 10.1. The van der Waals surface area contributed by atoms with E-state index in [-0.39, 0.29) is 5.84 Å². The van der Waals surface area contributed by atoms with Gasteiger partial charge in [-0.1, -0.05) is 5.16 Å². The molecule has 0 spiro atoms. The number of nitrogens with two attached hydrogens (primary N) is 1. The summed E-state index contributed by atoms with van der Waals surface area (Å²) < 4.78 is 0. The fraction of sp³-hybridized carbons (Fsp3) is 0.500. The maximum Gasteiger partial charge on any atom is 0.190 e. The molecule has 0 radical (unpaired) electrons. The van der Waals surface area contributed by atoms with Gasteiger partial charge in [0, 0.05) is 13.6 Å². The van der Waals surface area contributed by atoms with Gasteiger partial charge < -0.3 is 20.9 Å². The molecule has 0 amide bonds. The number of amidine groups is 1. The summed E-state index contributed by atoms with van der Waals surface area (Å²) in [5.74, 6) is 0.510. The van der Waals surface area contributed by atoms with Crippen LogP contribution in [0.1, 0.15) is 19.5 Å². The molecular formula is C10H17N5O2. The van der Waals surface area contributed by atoms with Gasteiger partial charge in [-0.15, -0.1) is 0 Å². The Labute approximate surface area is 99.6 Å². The van der Waals surface area contributed by atoms with Crippen LogP contribution in [-0.4, -0.2) is 45.3 Å². The topological polar surface area (TPSA) is 108 Å². The smallest absolute Gasteiger partial charge is 0.190 e. The van der Waals surface area contributed by atoms with Gasteiger partial charge in [0.25, 0.3) is 0 Å². The molecule has 17 heavy (non-hydrogen) atoms. The first-order valence-corrected chi connectivity index (χ1v) is 5.07. The van der Waals surface area contributed by atoms with Gasteiger partial charge in [-0.25, -0.2) is 9.97 Å². The number of hydrogen-bond donors (Lipinski definition) is 3. The van der Waals surface area contributed by atoms with Crippen LogP contribution in [0.4, 0.5) is 5.82 Å². The zero-order valence-electron chi connectivity index (χ0n) is 10.1. The van der Waals surface area contributed by atoms with Crippen molar-refractivity contribution in [1.29, 1.82) is 0 Å². The van der Waals surface area contributed by atoms with Gasteiger partial charge in [0.2, 0.25) is 0 Å². The third kappa shape index (κ3) is 3.87. The normalized spacial score (nSPS) is 12.6. The molecule has 0 aromatic carbocycles. The minimum absolute atomic E-state index is 0.0887. The second kappa shape index (κ2) is 4.96. The van der Waals surface area contributed by atoms with Crippen LogP contribution in [0, 0.1) is 0 Å². The van der Waals surface area contributed by atoms with Gasteiger partial charge in [-0.05, 0) is 13.8 Å². The molecule has 0 unspecified atom stereocenters. The first-order chi connectivity index (χ1) is 7.83. The fourth-order valence-electron chi connectivity index (χ4n) is 1.36. The molecule has 0 aliphatic carbocycles. The van der Waals surface area contributed by atoms with Crippen molar-refractivity contribution >= 4 is 11.7 Å². The van der Waals surface area contributed by atoms with Crippen molar-refractivity contribution in [2.45, 2.75) is 19.4 Å². The Kier molecular flexibility index (Phi) is 3.84. The standard InChI is InChI=1S/C10H17N5O2/c1-10(2,16)6-15(3)8-5-12-7(4-13-8)9(11)14-17/h4-5,16-17H,6H2,1-3H3,(H2,11,14). The van der Waals surface area contributed by atoms with Gasteiger partial charge in [-0.2, -0.15) is 0 Å². The number of hydrogen-bond acceptors (Lipinski definition) is 6. The van der Waals surface area contributed by atoms with Crippen molar-refractivity contribution < 1.29 is 10.3 Å². The molecule has 0 aliphatic rings. The first kappa shape index (κ1) is 13.2. The zero-order chi connectivity index (χ0) is 13.1. The summed E-state index contributed by atoms with van der Waals surface area (Å²) in [5, 5.41) is 21.0. The third-order valence-electron chi connectivity index (χ3n) is 2.02. The molecule has 0 atom stereocenters. The number of aromatic nitrogens is 2. The first-order valence-electron chi connectivity index (χ1n) is 5.07. The van der Waals surface area contributed by atoms with Crippen LogP contribution in [0.3, 0.4) is 0 Å². The van der Waals surface area contributed by atoms with Crippen molar-refractivity contribution in [2.75, 3.05) is 18.5 Å². The van der Waals surface area contributed by atoms with E-state index in [2.05, 4.69) is 15.1 Å². The third-order valence-corrected chi connectivity index (χ3v) is 2.02. The van der Waals surface area contributed by atoms with Gasteiger partial charge in [-0.3, -0.25) is 0 Å². The Balaban J connectivity index is 2.81. The predicted molar refractivity (Wildman–Crippen MR) is 64.1 cm³/mol. The highest BCUT2D eigenvalue weighted by molar-refractivity contribution is 5.94. The number of rotatable bonds is 4. The summed E-state index contributed by atoms with van der Waals surface area (Å²) in [6, 6.07) is 0. The number of anilines is 1. The summed E-state index contributed by atoms with van der Waals surface area (Å²) in [4.78, 5) is 9.88. The van der Waals surface area contributed by atoms with E-state index < -0.39 is 5.60 Å². The van der Waals surface area contributed by atoms with Crippen LogP contribution in [0.2, 0.25) is 0 Å². The molecule has 0 aliphatic heterocycles. The summed E-state index contributed by atoms with van der Waals surface area (Å²) in [6.07, 6.45) is 2.91. The van der Waals surface area contributed by atoms with E-state index in [0.717, 1.165) is 0 Å². The van der Waals surface area contributed by atoms with Crippen molar-refractivity contribution in [3.05, 3.63) is 18.1 Å². The van der Waals surface area contributed by atoms with Crippen molar-refractivity contribution in [2.24, 2.45) is 10.9 Å². The largest absolute Gasteiger partial charge is 0.409 e. The Bertz CT molecular complexity index is 396. The molecule has 7 nitrogen and oxygen atoms in total. The SMILES string of the molecule is CN(CC(C)(C)O)c1cnc(C(N)=NO)cn1. The number of oxime groups is 1. The second-order valence-corrected chi connectivity index (χ2v) is 4.41. The molecule has 0 fully saturated rings. The molecular weight excluding hydrogens is 222 g/mol. The lowest BCUT2D eigenvalue weighted by Gasteiger charge is -2.26. The van der Waals surface area contributed by atoms with E-state index in [1.54, 1.807) is 25.8 Å². The van der Waals surface area contributed by atoms with Crippen LogP contribution in [0.15, 0.2) is 17.5 Å². The highest BCUT2D eigenvalue weighted by Crippen LogP contribution is 2.11. The Morgan fingerprint density at radius 2 is 2.12 bits per heavy atom. The number of aliphatic hydroxyl groups is 1. The predicted octanol–water partition coefficient (Wildman–Crippen LogP) is -0.222. The van der Waals surface area contributed by atoms with Crippen molar-refractivity contribution in [1.82, 2.24) is 9.97 Å². The molecule has 1 aromatic rings. The van der Waals surface area contributed by atoms with Crippen molar-refractivity contribution in [3.63, 3.8) is 0 Å². The average Bonchev–Trinajstić information content (AvgIpc) is 2.26. The van der Waals surface area contributed by atoms with Crippen molar-refractivity contribution in [3.8, 4) is 0 Å². The maximum atomic E-state index is 9.67. The van der Waals surface area contributed by atoms with Gasteiger partial charge in [0.15, 0.2) is 5.84 Å². The van der Waals surface area contributed by atoms with Crippen LogP contribution in [0.25, 0.3) is 0 Å². The Morgan fingerprint density at radius 3 is 2.53 bits per heavy atom. The lowest BCUT2D eigenvalue weighted by molar-refractivity contribution is 0.0884. The molecule has 7 heteroatoms. The van der Waals surface area contributed by atoms with Gasteiger partial charge in [0.05, 0.1) is 18.0 Å². The van der Waals surface area contributed by atoms with Crippen LogP contribution < -0.4 is 10.6 Å². The summed E-state index contributed by atoms with van der Waals surface area (Å²) >= 11 is 0. The minimum atomic E-state index is -0.819. The highest BCUT2D eigenvalue weighted by atomic mass is 16.4. The fourth-order valence-corrected chi connectivity index (χ4v) is 1.36.